The van der Waals surface area contributed by atoms with Crippen LogP contribution >= 0.6 is 0 Å². The van der Waals surface area contributed by atoms with E-state index in [2.05, 4.69) is 39.6 Å². The Labute approximate surface area is 158 Å². The van der Waals surface area contributed by atoms with E-state index in [1.807, 2.05) is 40.8 Å². The van der Waals surface area contributed by atoms with E-state index in [0.29, 0.717) is 18.8 Å². The smallest absolute Gasteiger partial charge is 0.272 e. The molecule has 3 aromatic rings. The van der Waals surface area contributed by atoms with Gasteiger partial charge in [0.25, 0.3) is 5.91 Å². The molecular formula is C21H23N5O. The number of carbonyl (C=O) groups is 1. The maximum absolute atomic E-state index is 13.0. The highest BCUT2D eigenvalue weighted by Crippen LogP contribution is 2.14. The van der Waals surface area contributed by atoms with Crippen LogP contribution in [0.3, 0.4) is 0 Å². The highest BCUT2D eigenvalue weighted by atomic mass is 16.2. The van der Waals surface area contributed by atoms with E-state index in [0.717, 1.165) is 24.5 Å². The Morgan fingerprint density at radius 3 is 2.81 bits per heavy atom. The fourth-order valence-electron chi connectivity index (χ4n) is 3.54. The third-order valence-corrected chi connectivity index (χ3v) is 4.93. The maximum atomic E-state index is 13.0. The molecule has 0 saturated carbocycles. The molecule has 1 fully saturated rings. The molecule has 1 aliphatic heterocycles. The molecule has 0 aliphatic carbocycles. The number of carbonyl (C=O) groups excluding carboxylic acids is 1. The molecule has 138 valence electrons. The predicted molar refractivity (Wildman–Crippen MR) is 104 cm³/mol. The van der Waals surface area contributed by atoms with E-state index in [1.54, 1.807) is 12.4 Å². The Morgan fingerprint density at radius 1 is 1.19 bits per heavy atom. The number of aryl methyl sites for hydroxylation is 1. The van der Waals surface area contributed by atoms with Crippen molar-refractivity contribution >= 4 is 5.91 Å². The lowest BCUT2D eigenvalue weighted by Gasteiger charge is -2.33. The van der Waals surface area contributed by atoms with Gasteiger partial charge in [0.05, 0.1) is 5.69 Å². The summed E-state index contributed by atoms with van der Waals surface area (Å²) in [5, 5.41) is 3.52. The van der Waals surface area contributed by atoms with Crippen LogP contribution in [0.2, 0.25) is 0 Å². The van der Waals surface area contributed by atoms with Gasteiger partial charge < -0.3 is 14.8 Å². The summed E-state index contributed by atoms with van der Waals surface area (Å²) in [6, 6.07) is 14.4. The predicted octanol–water partition coefficient (Wildman–Crippen LogP) is 2.23. The number of hydrogen-bond acceptors (Lipinski definition) is 4. The molecule has 1 amide bonds. The fourth-order valence-corrected chi connectivity index (χ4v) is 3.54. The lowest BCUT2D eigenvalue weighted by Crippen LogP contribution is -2.53. The number of aromatic nitrogens is 3. The molecule has 3 heterocycles. The molecule has 1 N–H and O–H groups in total. The molecule has 1 unspecified atom stereocenters. The first-order chi connectivity index (χ1) is 13.2. The summed E-state index contributed by atoms with van der Waals surface area (Å²) in [7, 11) is 0. The van der Waals surface area contributed by atoms with Gasteiger partial charge in [-0.25, -0.2) is 4.98 Å². The number of nitrogens with zero attached hydrogens (tertiary/aromatic N) is 4. The van der Waals surface area contributed by atoms with Gasteiger partial charge in [-0.1, -0.05) is 30.3 Å². The number of rotatable bonds is 4. The van der Waals surface area contributed by atoms with Crippen molar-refractivity contribution in [2.24, 2.45) is 0 Å². The molecule has 0 spiro atoms. The van der Waals surface area contributed by atoms with Crippen LogP contribution in [-0.4, -0.2) is 51.0 Å². The Morgan fingerprint density at radius 2 is 2.04 bits per heavy atom. The molecule has 1 aromatic carbocycles. The first-order valence-electron chi connectivity index (χ1n) is 9.23. The van der Waals surface area contributed by atoms with E-state index in [4.69, 9.17) is 0 Å². The van der Waals surface area contributed by atoms with Crippen LogP contribution in [0.25, 0.3) is 5.69 Å². The van der Waals surface area contributed by atoms with Crippen LogP contribution in [0.4, 0.5) is 0 Å². The van der Waals surface area contributed by atoms with Crippen LogP contribution in [0.15, 0.2) is 61.1 Å². The van der Waals surface area contributed by atoms with Gasteiger partial charge in [0, 0.05) is 44.3 Å². The molecule has 6 heteroatoms. The molecule has 2 aromatic heterocycles. The second-order valence-electron chi connectivity index (χ2n) is 6.84. The largest absolute Gasteiger partial charge is 0.334 e. The summed E-state index contributed by atoms with van der Waals surface area (Å²) in [4.78, 5) is 23.5. The monoisotopic (exact) mass is 361 g/mol. The Kier molecular flexibility index (Phi) is 4.98. The number of imidazole rings is 1. The van der Waals surface area contributed by atoms with Gasteiger partial charge in [-0.3, -0.25) is 9.78 Å². The lowest BCUT2D eigenvalue weighted by molar-refractivity contribution is 0.0697. The molecule has 1 aliphatic rings. The average Bonchev–Trinajstić information content (AvgIpc) is 3.14. The van der Waals surface area contributed by atoms with E-state index < -0.39 is 0 Å². The number of nitrogens with one attached hydrogen (secondary N) is 1. The van der Waals surface area contributed by atoms with Crippen LogP contribution in [0.5, 0.6) is 0 Å². The molecule has 1 atom stereocenters. The number of hydrogen-bond donors (Lipinski definition) is 1. The van der Waals surface area contributed by atoms with Gasteiger partial charge in [-0.05, 0) is 31.0 Å². The minimum Gasteiger partial charge on any atom is -0.334 e. The van der Waals surface area contributed by atoms with Crippen molar-refractivity contribution in [1.29, 1.82) is 0 Å². The van der Waals surface area contributed by atoms with E-state index in [9.17, 15) is 4.79 Å². The molecule has 0 radical (unpaired) electrons. The number of piperazine rings is 1. The first kappa shape index (κ1) is 17.4. The van der Waals surface area contributed by atoms with Crippen molar-refractivity contribution in [2.45, 2.75) is 19.4 Å². The zero-order chi connectivity index (χ0) is 18.6. The summed E-state index contributed by atoms with van der Waals surface area (Å²) >= 11 is 0. The van der Waals surface area contributed by atoms with Gasteiger partial charge >= 0.3 is 0 Å². The minimum absolute atomic E-state index is 0.0193. The zero-order valence-corrected chi connectivity index (χ0v) is 15.4. The fraction of sp³-hybridized carbons (Fsp3) is 0.286. The second-order valence-corrected chi connectivity index (χ2v) is 6.84. The highest BCUT2D eigenvalue weighted by molar-refractivity contribution is 5.93. The van der Waals surface area contributed by atoms with Crippen LogP contribution in [0.1, 0.15) is 21.9 Å². The second kappa shape index (κ2) is 7.72. The molecule has 1 saturated heterocycles. The van der Waals surface area contributed by atoms with Gasteiger partial charge in [0.2, 0.25) is 0 Å². The van der Waals surface area contributed by atoms with Crippen molar-refractivity contribution in [1.82, 2.24) is 24.8 Å². The van der Waals surface area contributed by atoms with Gasteiger partial charge in [-0.2, -0.15) is 0 Å². The van der Waals surface area contributed by atoms with Gasteiger partial charge in [0.15, 0.2) is 0 Å². The van der Waals surface area contributed by atoms with Crippen molar-refractivity contribution in [2.75, 3.05) is 19.6 Å². The average molecular weight is 361 g/mol. The van der Waals surface area contributed by atoms with E-state index in [-0.39, 0.29) is 11.9 Å². The van der Waals surface area contributed by atoms with Gasteiger partial charge in [-0.15, -0.1) is 0 Å². The highest BCUT2D eigenvalue weighted by Gasteiger charge is 2.25. The Balaban J connectivity index is 1.48. The SMILES string of the molecule is Cc1nccn1-c1ccnc(C(=O)N2CCNC(Cc3ccccc3)C2)c1. The quantitative estimate of drug-likeness (QED) is 0.774. The number of amides is 1. The summed E-state index contributed by atoms with van der Waals surface area (Å²) in [6.45, 7) is 4.11. The van der Waals surface area contributed by atoms with Crippen LogP contribution in [0, 0.1) is 6.92 Å². The van der Waals surface area contributed by atoms with Crippen molar-refractivity contribution in [3.63, 3.8) is 0 Å². The van der Waals surface area contributed by atoms with Gasteiger partial charge in [0.1, 0.15) is 11.5 Å². The topological polar surface area (TPSA) is 63.1 Å². The molecule has 6 nitrogen and oxygen atoms in total. The molecule has 4 rings (SSSR count). The molecular weight excluding hydrogens is 338 g/mol. The van der Waals surface area contributed by atoms with Crippen molar-refractivity contribution < 1.29 is 4.79 Å². The van der Waals surface area contributed by atoms with E-state index in [1.165, 1.54) is 5.56 Å². The van der Waals surface area contributed by atoms with Crippen LogP contribution in [-0.2, 0) is 6.42 Å². The van der Waals surface area contributed by atoms with Crippen LogP contribution < -0.4 is 5.32 Å². The standard InChI is InChI=1S/C21H23N5O/c1-16-22-10-12-26(16)19-7-8-24-20(14-19)21(27)25-11-9-23-18(15-25)13-17-5-3-2-4-6-17/h2-8,10,12,14,18,23H,9,11,13,15H2,1H3. The summed E-state index contributed by atoms with van der Waals surface area (Å²) in [5.41, 5.74) is 2.65. The van der Waals surface area contributed by atoms with Crippen molar-refractivity contribution in [3.8, 4) is 5.69 Å². The number of pyridine rings is 1. The lowest BCUT2D eigenvalue weighted by atomic mass is 10.0. The molecule has 0 bridgehead atoms. The van der Waals surface area contributed by atoms with Crippen molar-refractivity contribution in [3.05, 3.63) is 78.1 Å². The third-order valence-electron chi connectivity index (χ3n) is 4.93. The Bertz CT molecular complexity index is 921. The summed E-state index contributed by atoms with van der Waals surface area (Å²) in [5.74, 6) is 0.860. The minimum atomic E-state index is -0.0193. The normalized spacial score (nSPS) is 17.1. The van der Waals surface area contributed by atoms with E-state index >= 15 is 0 Å². The Hall–Kier alpha value is -2.99. The summed E-state index contributed by atoms with van der Waals surface area (Å²) in [6.07, 6.45) is 6.24. The third kappa shape index (κ3) is 3.90. The maximum Gasteiger partial charge on any atom is 0.272 e. The first-order valence-corrected chi connectivity index (χ1v) is 9.23. The zero-order valence-electron chi connectivity index (χ0n) is 15.4. The number of benzene rings is 1. The summed E-state index contributed by atoms with van der Waals surface area (Å²) < 4.78 is 1.95. The molecule has 27 heavy (non-hydrogen) atoms.